The zero-order valence-corrected chi connectivity index (χ0v) is 13.5. The van der Waals surface area contributed by atoms with Crippen molar-refractivity contribution in [1.82, 2.24) is 16.2 Å². The molecular formula is C14H21N3O3S. The topological polar surface area (TPSA) is 71.6 Å². The van der Waals surface area contributed by atoms with Crippen molar-refractivity contribution in [3.05, 3.63) is 24.3 Å². The standard InChI is InChI=1S/C14H21N3O3S/c1-14(2,3)15-13(21)17-16-12(18)9-20-11-7-5-10(19-4)6-8-11/h5-8H,9H2,1-4H3,(H,16,18)(H2,15,17,21). The Hall–Kier alpha value is -2.02. The van der Waals surface area contributed by atoms with Crippen molar-refractivity contribution in [1.29, 1.82) is 0 Å². The second kappa shape index (κ2) is 7.68. The average Bonchev–Trinajstić information content (AvgIpc) is 2.41. The van der Waals surface area contributed by atoms with Crippen LogP contribution in [-0.2, 0) is 4.79 Å². The quantitative estimate of drug-likeness (QED) is 0.576. The third-order valence-corrected chi connectivity index (χ3v) is 2.44. The molecule has 7 heteroatoms. The predicted molar refractivity (Wildman–Crippen MR) is 85.3 cm³/mol. The SMILES string of the molecule is COc1ccc(OCC(=O)NNC(=S)NC(C)(C)C)cc1. The minimum atomic E-state index is -0.330. The number of amides is 1. The van der Waals surface area contributed by atoms with E-state index in [9.17, 15) is 4.79 Å². The maximum atomic E-state index is 11.6. The lowest BCUT2D eigenvalue weighted by Crippen LogP contribution is -2.52. The van der Waals surface area contributed by atoms with Crippen LogP contribution in [-0.4, -0.2) is 30.3 Å². The van der Waals surface area contributed by atoms with Crippen molar-refractivity contribution < 1.29 is 14.3 Å². The molecule has 0 bridgehead atoms. The van der Waals surface area contributed by atoms with E-state index in [0.29, 0.717) is 10.9 Å². The van der Waals surface area contributed by atoms with Crippen LogP contribution in [0.2, 0.25) is 0 Å². The first-order valence-corrected chi connectivity index (χ1v) is 6.85. The van der Waals surface area contributed by atoms with Crippen molar-refractivity contribution in [3.8, 4) is 11.5 Å². The zero-order valence-electron chi connectivity index (χ0n) is 12.6. The summed E-state index contributed by atoms with van der Waals surface area (Å²) in [6.07, 6.45) is 0. The van der Waals surface area contributed by atoms with Crippen LogP contribution in [0, 0.1) is 0 Å². The molecule has 1 aromatic carbocycles. The van der Waals surface area contributed by atoms with Gasteiger partial charge < -0.3 is 14.8 Å². The van der Waals surface area contributed by atoms with Gasteiger partial charge in [0.25, 0.3) is 5.91 Å². The Bertz CT molecular complexity index is 483. The smallest absolute Gasteiger partial charge is 0.276 e. The number of ether oxygens (including phenoxy) is 2. The third-order valence-electron chi connectivity index (χ3n) is 2.23. The molecule has 0 spiro atoms. The molecule has 0 aliphatic heterocycles. The zero-order chi connectivity index (χ0) is 15.9. The van der Waals surface area contributed by atoms with Gasteiger partial charge in [-0.05, 0) is 57.3 Å². The second-order valence-electron chi connectivity index (χ2n) is 5.34. The minimum absolute atomic E-state index is 0.114. The lowest BCUT2D eigenvalue weighted by Gasteiger charge is -2.23. The summed E-state index contributed by atoms with van der Waals surface area (Å²) in [6, 6.07) is 6.97. The Balaban J connectivity index is 2.29. The Kier molecular flexibility index (Phi) is 6.23. The fraction of sp³-hybridized carbons (Fsp3) is 0.429. The van der Waals surface area contributed by atoms with Crippen LogP contribution < -0.4 is 25.6 Å². The molecule has 116 valence electrons. The molecule has 0 saturated carbocycles. The average molecular weight is 311 g/mol. The molecule has 1 aromatic rings. The number of hydrogen-bond acceptors (Lipinski definition) is 4. The first-order chi connectivity index (χ1) is 9.80. The first-order valence-electron chi connectivity index (χ1n) is 6.44. The Morgan fingerprint density at radius 2 is 1.71 bits per heavy atom. The molecule has 0 saturated heterocycles. The van der Waals surface area contributed by atoms with Crippen molar-refractivity contribution in [2.45, 2.75) is 26.3 Å². The molecule has 0 aliphatic rings. The number of nitrogens with one attached hydrogen (secondary N) is 3. The number of hydrazine groups is 1. The predicted octanol–water partition coefficient (Wildman–Crippen LogP) is 1.37. The third kappa shape index (κ3) is 7.36. The highest BCUT2D eigenvalue weighted by Crippen LogP contribution is 2.16. The van der Waals surface area contributed by atoms with Gasteiger partial charge in [0.2, 0.25) is 0 Å². The summed E-state index contributed by atoms with van der Waals surface area (Å²) in [4.78, 5) is 11.6. The molecule has 21 heavy (non-hydrogen) atoms. The number of methoxy groups -OCH3 is 1. The number of rotatable bonds is 4. The normalized spacial score (nSPS) is 10.5. The van der Waals surface area contributed by atoms with E-state index < -0.39 is 0 Å². The van der Waals surface area contributed by atoms with Gasteiger partial charge in [0.15, 0.2) is 11.7 Å². The van der Waals surface area contributed by atoms with Gasteiger partial charge in [-0.3, -0.25) is 15.6 Å². The Morgan fingerprint density at radius 1 is 1.14 bits per heavy atom. The molecule has 0 radical (unpaired) electrons. The molecule has 3 N–H and O–H groups in total. The largest absolute Gasteiger partial charge is 0.497 e. The summed E-state index contributed by atoms with van der Waals surface area (Å²) in [5.41, 5.74) is 4.90. The molecule has 6 nitrogen and oxygen atoms in total. The molecule has 0 aliphatic carbocycles. The number of benzene rings is 1. The van der Waals surface area contributed by atoms with Gasteiger partial charge in [-0.1, -0.05) is 0 Å². The van der Waals surface area contributed by atoms with E-state index in [1.165, 1.54) is 0 Å². The summed E-state index contributed by atoms with van der Waals surface area (Å²) in [5, 5.41) is 3.36. The van der Waals surface area contributed by atoms with Crippen LogP contribution in [0.15, 0.2) is 24.3 Å². The highest BCUT2D eigenvalue weighted by Gasteiger charge is 2.11. The van der Waals surface area contributed by atoms with Gasteiger partial charge >= 0.3 is 0 Å². The fourth-order valence-corrected chi connectivity index (χ4v) is 1.71. The van der Waals surface area contributed by atoms with Gasteiger partial charge in [-0.25, -0.2) is 0 Å². The van der Waals surface area contributed by atoms with Gasteiger partial charge in [0.1, 0.15) is 11.5 Å². The maximum absolute atomic E-state index is 11.6. The molecule has 0 aromatic heterocycles. The van der Waals surface area contributed by atoms with Crippen LogP contribution in [0.25, 0.3) is 0 Å². The Morgan fingerprint density at radius 3 is 2.24 bits per heavy atom. The van der Waals surface area contributed by atoms with Gasteiger partial charge in [0, 0.05) is 5.54 Å². The molecule has 0 atom stereocenters. The van der Waals surface area contributed by atoms with E-state index in [0.717, 1.165) is 5.75 Å². The molecule has 0 fully saturated rings. The highest BCUT2D eigenvalue weighted by atomic mass is 32.1. The van der Waals surface area contributed by atoms with Gasteiger partial charge in [-0.15, -0.1) is 0 Å². The van der Waals surface area contributed by atoms with Crippen molar-refractivity contribution >= 4 is 23.2 Å². The first kappa shape index (κ1) is 17.0. The van der Waals surface area contributed by atoms with Crippen molar-refractivity contribution in [2.24, 2.45) is 0 Å². The van der Waals surface area contributed by atoms with Crippen LogP contribution in [0.4, 0.5) is 0 Å². The van der Waals surface area contributed by atoms with Crippen LogP contribution in [0.5, 0.6) is 11.5 Å². The molecule has 1 rings (SSSR count). The minimum Gasteiger partial charge on any atom is -0.497 e. The Labute approximate surface area is 130 Å². The van der Waals surface area contributed by atoms with Crippen LogP contribution >= 0.6 is 12.2 Å². The number of carbonyl (C=O) groups excluding carboxylic acids is 1. The van der Waals surface area contributed by atoms with Crippen LogP contribution in [0.3, 0.4) is 0 Å². The summed E-state index contributed by atoms with van der Waals surface area (Å²) in [6.45, 7) is 5.79. The number of thiocarbonyl (C=S) groups is 1. The monoisotopic (exact) mass is 311 g/mol. The summed E-state index contributed by atoms with van der Waals surface area (Å²) in [5.74, 6) is 0.984. The number of carbonyl (C=O) groups is 1. The van der Waals surface area contributed by atoms with E-state index in [-0.39, 0.29) is 18.1 Å². The van der Waals surface area contributed by atoms with Crippen molar-refractivity contribution in [2.75, 3.05) is 13.7 Å². The van der Waals surface area contributed by atoms with E-state index >= 15 is 0 Å². The fourth-order valence-electron chi connectivity index (χ4n) is 1.36. The lowest BCUT2D eigenvalue weighted by atomic mass is 10.1. The molecular weight excluding hydrogens is 290 g/mol. The maximum Gasteiger partial charge on any atom is 0.276 e. The van der Waals surface area contributed by atoms with E-state index in [2.05, 4.69) is 16.2 Å². The van der Waals surface area contributed by atoms with E-state index in [1.54, 1.807) is 31.4 Å². The molecule has 1 amide bonds. The summed E-state index contributed by atoms with van der Waals surface area (Å²) in [7, 11) is 1.59. The van der Waals surface area contributed by atoms with Gasteiger partial charge in [-0.2, -0.15) is 0 Å². The number of hydrogen-bond donors (Lipinski definition) is 3. The highest BCUT2D eigenvalue weighted by molar-refractivity contribution is 7.80. The van der Waals surface area contributed by atoms with Gasteiger partial charge in [0.05, 0.1) is 7.11 Å². The van der Waals surface area contributed by atoms with Crippen LogP contribution in [0.1, 0.15) is 20.8 Å². The summed E-state index contributed by atoms with van der Waals surface area (Å²) >= 11 is 5.03. The van der Waals surface area contributed by atoms with Crippen molar-refractivity contribution in [3.63, 3.8) is 0 Å². The summed E-state index contributed by atoms with van der Waals surface area (Å²) < 4.78 is 10.4. The second-order valence-corrected chi connectivity index (χ2v) is 5.75. The molecule has 0 heterocycles. The molecule has 0 unspecified atom stereocenters. The lowest BCUT2D eigenvalue weighted by molar-refractivity contribution is -0.123. The van der Waals surface area contributed by atoms with E-state index in [4.69, 9.17) is 21.7 Å². The van der Waals surface area contributed by atoms with E-state index in [1.807, 2.05) is 20.8 Å².